The van der Waals surface area contributed by atoms with Gasteiger partial charge in [-0.2, -0.15) is 0 Å². The molecular formula is C26H24N4O3. The molecule has 4 aromatic rings. The normalized spacial score (nSPS) is 11.3. The zero-order valence-electron chi connectivity index (χ0n) is 18.4. The molecule has 0 bridgehead atoms. The number of benzene rings is 2. The van der Waals surface area contributed by atoms with Crippen LogP contribution in [-0.4, -0.2) is 28.5 Å². The number of carbonyl (C=O) groups excluding carboxylic acids is 2. The van der Waals surface area contributed by atoms with Crippen molar-refractivity contribution >= 4 is 28.8 Å². The van der Waals surface area contributed by atoms with E-state index in [4.69, 9.17) is 4.74 Å². The summed E-state index contributed by atoms with van der Waals surface area (Å²) in [4.78, 5) is 30.1. The van der Waals surface area contributed by atoms with Crippen LogP contribution >= 0.6 is 0 Å². The number of rotatable bonds is 7. The standard InChI is InChI=1S/C26H24N4O3/c1-30-17-20(22-7-3-4-8-24(22)30)14-23(26(32)28-16-18-6-5-13-27-15-18)29-25(31)19-9-11-21(33-2)12-10-19/h3-15,17H,16H2,1-2H3,(H,28,32)(H,29,31)/b23-14-. The monoisotopic (exact) mass is 440 g/mol. The predicted molar refractivity (Wildman–Crippen MR) is 127 cm³/mol. The summed E-state index contributed by atoms with van der Waals surface area (Å²) in [5.74, 6) is -0.137. The van der Waals surface area contributed by atoms with Gasteiger partial charge in [0.1, 0.15) is 11.4 Å². The lowest BCUT2D eigenvalue weighted by atomic mass is 10.1. The van der Waals surface area contributed by atoms with Gasteiger partial charge in [0, 0.05) is 54.2 Å². The average Bonchev–Trinajstić information content (AvgIpc) is 3.18. The highest BCUT2D eigenvalue weighted by Crippen LogP contribution is 2.22. The fourth-order valence-corrected chi connectivity index (χ4v) is 3.52. The Morgan fingerprint density at radius 2 is 1.85 bits per heavy atom. The molecule has 0 atom stereocenters. The van der Waals surface area contributed by atoms with E-state index in [1.54, 1.807) is 55.9 Å². The van der Waals surface area contributed by atoms with Crippen molar-refractivity contribution < 1.29 is 14.3 Å². The molecule has 0 aliphatic heterocycles. The van der Waals surface area contributed by atoms with Crippen LogP contribution in [0.25, 0.3) is 17.0 Å². The molecule has 7 nitrogen and oxygen atoms in total. The van der Waals surface area contributed by atoms with Crippen LogP contribution in [-0.2, 0) is 18.4 Å². The van der Waals surface area contributed by atoms with Gasteiger partial charge in [0.25, 0.3) is 11.8 Å². The first kappa shape index (κ1) is 21.8. The fraction of sp³-hybridized carbons (Fsp3) is 0.115. The van der Waals surface area contributed by atoms with Crippen LogP contribution < -0.4 is 15.4 Å². The van der Waals surface area contributed by atoms with E-state index >= 15 is 0 Å². The van der Waals surface area contributed by atoms with Crippen molar-refractivity contribution in [3.8, 4) is 5.75 Å². The Kier molecular flexibility index (Phi) is 6.50. The molecule has 2 N–H and O–H groups in total. The zero-order chi connectivity index (χ0) is 23.2. The summed E-state index contributed by atoms with van der Waals surface area (Å²) < 4.78 is 7.13. The number of hydrogen-bond acceptors (Lipinski definition) is 4. The average molecular weight is 441 g/mol. The van der Waals surface area contributed by atoms with Crippen molar-refractivity contribution in [1.82, 2.24) is 20.2 Å². The molecular weight excluding hydrogens is 416 g/mol. The van der Waals surface area contributed by atoms with Crippen LogP contribution in [0.3, 0.4) is 0 Å². The van der Waals surface area contributed by atoms with Gasteiger partial charge in [0.2, 0.25) is 0 Å². The maximum atomic E-state index is 13.1. The van der Waals surface area contributed by atoms with E-state index in [0.29, 0.717) is 11.3 Å². The molecule has 0 aliphatic carbocycles. The van der Waals surface area contributed by atoms with Gasteiger partial charge in [-0.3, -0.25) is 14.6 Å². The Labute approximate surface area is 191 Å². The molecule has 0 saturated heterocycles. The molecule has 0 unspecified atom stereocenters. The van der Waals surface area contributed by atoms with Crippen LogP contribution in [0.5, 0.6) is 5.75 Å². The number of ether oxygens (including phenoxy) is 1. The van der Waals surface area contributed by atoms with Crippen LogP contribution in [0.4, 0.5) is 0 Å². The van der Waals surface area contributed by atoms with Crippen LogP contribution in [0.15, 0.2) is 85.0 Å². The van der Waals surface area contributed by atoms with Crippen LogP contribution in [0.2, 0.25) is 0 Å². The van der Waals surface area contributed by atoms with Crippen LogP contribution in [0, 0.1) is 0 Å². The molecule has 0 spiro atoms. The molecule has 2 amide bonds. The minimum Gasteiger partial charge on any atom is -0.497 e. The summed E-state index contributed by atoms with van der Waals surface area (Å²) in [6.07, 6.45) is 6.98. The molecule has 4 rings (SSSR count). The molecule has 33 heavy (non-hydrogen) atoms. The van der Waals surface area contributed by atoms with Gasteiger partial charge in [0.05, 0.1) is 7.11 Å². The molecule has 166 valence electrons. The molecule has 2 aromatic heterocycles. The molecule has 7 heteroatoms. The van der Waals surface area contributed by atoms with E-state index in [0.717, 1.165) is 22.0 Å². The van der Waals surface area contributed by atoms with Gasteiger partial charge in [-0.25, -0.2) is 0 Å². The van der Waals surface area contributed by atoms with E-state index in [-0.39, 0.29) is 18.1 Å². The van der Waals surface area contributed by atoms with E-state index in [9.17, 15) is 9.59 Å². The summed E-state index contributed by atoms with van der Waals surface area (Å²) in [5, 5.41) is 6.62. The molecule has 2 aromatic carbocycles. The third-order valence-corrected chi connectivity index (χ3v) is 5.25. The Morgan fingerprint density at radius 3 is 2.58 bits per heavy atom. The summed E-state index contributed by atoms with van der Waals surface area (Å²) in [6.45, 7) is 0.290. The Bertz CT molecular complexity index is 1310. The first-order chi connectivity index (χ1) is 16.0. The van der Waals surface area contributed by atoms with Crippen LogP contribution in [0.1, 0.15) is 21.5 Å². The van der Waals surface area contributed by atoms with Crippen molar-refractivity contribution in [2.45, 2.75) is 6.54 Å². The van der Waals surface area contributed by atoms with Gasteiger partial charge in [0.15, 0.2) is 0 Å². The zero-order valence-corrected chi connectivity index (χ0v) is 18.4. The number of aryl methyl sites for hydroxylation is 1. The third kappa shape index (κ3) is 5.10. The summed E-state index contributed by atoms with van der Waals surface area (Å²) >= 11 is 0. The number of pyridine rings is 1. The molecule has 2 heterocycles. The number of fused-ring (bicyclic) bond motifs is 1. The lowest BCUT2D eigenvalue weighted by Crippen LogP contribution is -2.34. The largest absolute Gasteiger partial charge is 0.497 e. The van der Waals surface area contributed by atoms with Gasteiger partial charge in [-0.05, 0) is 48.0 Å². The number of methoxy groups -OCH3 is 1. The molecule has 0 fully saturated rings. The van der Waals surface area contributed by atoms with Crippen molar-refractivity contribution in [1.29, 1.82) is 0 Å². The highest BCUT2D eigenvalue weighted by Gasteiger charge is 2.16. The van der Waals surface area contributed by atoms with Crippen molar-refractivity contribution in [2.75, 3.05) is 7.11 Å². The Hall–Kier alpha value is -4.39. The number of carbonyl (C=O) groups is 2. The highest BCUT2D eigenvalue weighted by atomic mass is 16.5. The number of nitrogens with zero attached hydrogens (tertiary/aromatic N) is 2. The second-order valence-electron chi connectivity index (χ2n) is 7.50. The highest BCUT2D eigenvalue weighted by molar-refractivity contribution is 6.06. The second-order valence-corrected chi connectivity index (χ2v) is 7.50. The van der Waals surface area contributed by atoms with Gasteiger partial charge in [-0.1, -0.05) is 24.3 Å². The topological polar surface area (TPSA) is 85.2 Å². The predicted octanol–water partition coefficient (Wildman–Crippen LogP) is 3.67. The minimum absolute atomic E-state index is 0.149. The van der Waals surface area contributed by atoms with Gasteiger partial charge >= 0.3 is 0 Å². The number of amides is 2. The van der Waals surface area contributed by atoms with Crippen molar-refractivity contribution in [3.05, 3.63) is 102 Å². The van der Waals surface area contributed by atoms with Crippen molar-refractivity contribution in [2.24, 2.45) is 7.05 Å². The molecule has 0 aliphatic rings. The molecule has 0 radical (unpaired) electrons. The lowest BCUT2D eigenvalue weighted by molar-refractivity contribution is -0.117. The first-order valence-electron chi connectivity index (χ1n) is 10.4. The van der Waals surface area contributed by atoms with E-state index in [2.05, 4.69) is 15.6 Å². The van der Waals surface area contributed by atoms with E-state index in [1.807, 2.05) is 48.1 Å². The third-order valence-electron chi connectivity index (χ3n) is 5.25. The van der Waals surface area contributed by atoms with Gasteiger partial charge < -0.3 is 19.9 Å². The summed E-state index contributed by atoms with van der Waals surface area (Å²) in [7, 11) is 3.50. The fourth-order valence-electron chi connectivity index (χ4n) is 3.52. The Balaban J connectivity index is 1.63. The smallest absolute Gasteiger partial charge is 0.268 e. The Morgan fingerprint density at radius 1 is 1.06 bits per heavy atom. The van der Waals surface area contributed by atoms with Crippen molar-refractivity contribution in [3.63, 3.8) is 0 Å². The lowest BCUT2D eigenvalue weighted by Gasteiger charge is -2.11. The number of para-hydroxylation sites is 1. The quantitative estimate of drug-likeness (QED) is 0.430. The number of aromatic nitrogens is 2. The first-order valence-corrected chi connectivity index (χ1v) is 10.4. The maximum absolute atomic E-state index is 13.1. The summed E-state index contributed by atoms with van der Waals surface area (Å²) in [6, 6.07) is 18.3. The second kappa shape index (κ2) is 9.82. The summed E-state index contributed by atoms with van der Waals surface area (Å²) in [5.41, 5.74) is 3.28. The van der Waals surface area contributed by atoms with E-state index < -0.39 is 5.91 Å². The van der Waals surface area contributed by atoms with E-state index in [1.165, 1.54) is 0 Å². The maximum Gasteiger partial charge on any atom is 0.268 e. The SMILES string of the molecule is COc1ccc(C(=O)N/C(=C\c2cn(C)c3ccccc23)C(=O)NCc2cccnc2)cc1. The number of nitrogens with one attached hydrogen (secondary N) is 2. The minimum atomic E-state index is -0.395. The molecule has 0 saturated carbocycles. The number of hydrogen-bond donors (Lipinski definition) is 2. The van der Waals surface area contributed by atoms with Gasteiger partial charge in [-0.15, -0.1) is 0 Å².